The number of hydrogen-bond acceptors (Lipinski definition) is 5. The summed E-state index contributed by atoms with van der Waals surface area (Å²) in [7, 11) is 3.08. The number of nitrogens with one attached hydrogen (secondary N) is 1. The summed E-state index contributed by atoms with van der Waals surface area (Å²) in [5, 5.41) is 7.93. The fourth-order valence-corrected chi connectivity index (χ4v) is 3.61. The molecule has 1 amide bonds. The van der Waals surface area contributed by atoms with Gasteiger partial charge in [-0.1, -0.05) is 41.4 Å². The van der Waals surface area contributed by atoms with Gasteiger partial charge in [0.05, 0.1) is 25.6 Å². The molecule has 0 aliphatic rings. The fraction of sp³-hybridized carbons (Fsp3) is 0.160. The zero-order chi connectivity index (χ0) is 23.5. The second-order valence-corrected chi connectivity index (χ2v) is 7.93. The van der Waals surface area contributed by atoms with Gasteiger partial charge in [0, 0.05) is 16.7 Å². The second kappa shape index (κ2) is 9.34. The second-order valence-electron chi connectivity index (χ2n) is 7.49. The highest BCUT2D eigenvalue weighted by atomic mass is 35.5. The van der Waals surface area contributed by atoms with Gasteiger partial charge >= 0.3 is 0 Å². The Morgan fingerprint density at radius 3 is 2.55 bits per heavy atom. The number of benzene rings is 3. The first kappa shape index (κ1) is 22.4. The Kier molecular flexibility index (Phi) is 6.33. The first-order chi connectivity index (χ1) is 15.9. The maximum atomic E-state index is 13.2. The number of aryl methyl sites for hydroxylation is 2. The van der Waals surface area contributed by atoms with Gasteiger partial charge < -0.3 is 14.8 Å². The monoisotopic (exact) mass is 462 g/mol. The average molecular weight is 463 g/mol. The van der Waals surface area contributed by atoms with Crippen molar-refractivity contribution in [1.29, 1.82) is 0 Å². The van der Waals surface area contributed by atoms with Gasteiger partial charge in [-0.15, -0.1) is 5.10 Å². The molecular formula is C25H23ClN4O3. The summed E-state index contributed by atoms with van der Waals surface area (Å²) in [4.78, 5) is 17.7. The Labute approximate surface area is 196 Å². The van der Waals surface area contributed by atoms with Crippen molar-refractivity contribution in [1.82, 2.24) is 14.8 Å². The Balaban J connectivity index is 1.80. The zero-order valence-electron chi connectivity index (χ0n) is 18.7. The lowest BCUT2D eigenvalue weighted by molar-refractivity contribution is 0.101. The van der Waals surface area contributed by atoms with Gasteiger partial charge in [-0.25, -0.2) is 9.67 Å². The van der Waals surface area contributed by atoms with E-state index in [4.69, 9.17) is 21.1 Å². The Bertz CT molecular complexity index is 1330. The number of carbonyl (C=O) groups is 1. The number of hydrogen-bond donors (Lipinski definition) is 1. The van der Waals surface area contributed by atoms with Crippen molar-refractivity contribution >= 4 is 23.2 Å². The van der Waals surface area contributed by atoms with Crippen LogP contribution in [-0.2, 0) is 0 Å². The largest absolute Gasteiger partial charge is 0.497 e. The van der Waals surface area contributed by atoms with E-state index in [1.165, 1.54) is 7.11 Å². The van der Waals surface area contributed by atoms with Crippen LogP contribution in [0.1, 0.15) is 21.7 Å². The van der Waals surface area contributed by atoms with E-state index in [-0.39, 0.29) is 5.82 Å². The number of rotatable bonds is 6. The van der Waals surface area contributed by atoms with Crippen LogP contribution in [0.4, 0.5) is 5.69 Å². The first-order valence-electron chi connectivity index (χ1n) is 10.2. The molecule has 1 N–H and O–H groups in total. The predicted octanol–water partition coefficient (Wildman–Crippen LogP) is 5.47. The maximum Gasteiger partial charge on any atom is 0.295 e. The third kappa shape index (κ3) is 4.68. The van der Waals surface area contributed by atoms with Gasteiger partial charge in [0.2, 0.25) is 5.82 Å². The number of amides is 1. The van der Waals surface area contributed by atoms with Crippen molar-refractivity contribution in [2.75, 3.05) is 19.5 Å². The minimum Gasteiger partial charge on any atom is -0.497 e. The third-order valence-corrected chi connectivity index (χ3v) is 5.38. The minimum atomic E-state index is -0.478. The van der Waals surface area contributed by atoms with Crippen LogP contribution in [0, 0.1) is 13.8 Å². The summed E-state index contributed by atoms with van der Waals surface area (Å²) < 4.78 is 12.3. The van der Waals surface area contributed by atoms with Crippen LogP contribution in [0.5, 0.6) is 11.5 Å². The van der Waals surface area contributed by atoms with Crippen LogP contribution in [0.25, 0.3) is 17.1 Å². The zero-order valence-corrected chi connectivity index (χ0v) is 19.5. The van der Waals surface area contributed by atoms with Gasteiger partial charge in [0.1, 0.15) is 11.5 Å². The average Bonchev–Trinajstić information content (AvgIpc) is 3.26. The third-order valence-electron chi connectivity index (χ3n) is 5.14. The molecule has 0 saturated heterocycles. The van der Waals surface area contributed by atoms with Crippen LogP contribution in [0.3, 0.4) is 0 Å². The molecule has 0 radical (unpaired) electrons. The predicted molar refractivity (Wildman–Crippen MR) is 129 cm³/mol. The summed E-state index contributed by atoms with van der Waals surface area (Å²) in [6, 6.07) is 18.5. The lowest BCUT2D eigenvalue weighted by Crippen LogP contribution is -2.15. The Morgan fingerprint density at radius 1 is 1.00 bits per heavy atom. The number of aromatic nitrogens is 3. The maximum absolute atomic E-state index is 13.2. The van der Waals surface area contributed by atoms with E-state index in [2.05, 4.69) is 15.4 Å². The smallest absolute Gasteiger partial charge is 0.295 e. The topological polar surface area (TPSA) is 78.3 Å². The molecule has 1 heterocycles. The molecule has 8 heteroatoms. The molecule has 0 saturated carbocycles. The van der Waals surface area contributed by atoms with E-state index < -0.39 is 5.91 Å². The van der Waals surface area contributed by atoms with Crippen LogP contribution in [0.15, 0.2) is 60.7 Å². The highest BCUT2D eigenvalue weighted by Gasteiger charge is 2.21. The molecule has 0 spiro atoms. The van der Waals surface area contributed by atoms with Crippen molar-refractivity contribution in [2.24, 2.45) is 0 Å². The molecule has 0 fully saturated rings. The van der Waals surface area contributed by atoms with Crippen LogP contribution >= 0.6 is 11.6 Å². The summed E-state index contributed by atoms with van der Waals surface area (Å²) in [5.74, 6) is 1.14. The van der Waals surface area contributed by atoms with E-state index in [0.29, 0.717) is 28.0 Å². The van der Waals surface area contributed by atoms with Crippen molar-refractivity contribution in [3.05, 3.63) is 82.6 Å². The Morgan fingerprint density at radius 2 is 1.82 bits per heavy atom. The van der Waals surface area contributed by atoms with Crippen molar-refractivity contribution in [3.8, 4) is 28.6 Å². The summed E-state index contributed by atoms with van der Waals surface area (Å²) >= 11 is 6.26. The van der Waals surface area contributed by atoms with Gasteiger partial charge in [-0.3, -0.25) is 4.79 Å². The number of anilines is 1. The lowest BCUT2D eigenvalue weighted by Gasteiger charge is -2.10. The molecule has 0 bridgehead atoms. The molecule has 3 aromatic carbocycles. The number of methoxy groups -OCH3 is 2. The summed E-state index contributed by atoms with van der Waals surface area (Å²) in [6.45, 7) is 3.95. The summed E-state index contributed by atoms with van der Waals surface area (Å²) in [5.41, 5.74) is 4.04. The summed E-state index contributed by atoms with van der Waals surface area (Å²) in [6.07, 6.45) is 0. The molecule has 168 valence electrons. The van der Waals surface area contributed by atoms with Crippen molar-refractivity contribution in [3.63, 3.8) is 0 Å². The van der Waals surface area contributed by atoms with Gasteiger partial charge in [0.15, 0.2) is 5.82 Å². The fourth-order valence-electron chi connectivity index (χ4n) is 3.45. The SMILES string of the molecule is COc1ccc(OC)c(NC(=O)c2nc(-c3cccc(C)c3)n(-c3cc(Cl)ccc3C)n2)c1. The lowest BCUT2D eigenvalue weighted by atomic mass is 10.1. The van der Waals surface area contributed by atoms with Crippen LogP contribution < -0.4 is 14.8 Å². The highest BCUT2D eigenvalue weighted by molar-refractivity contribution is 6.30. The van der Waals surface area contributed by atoms with E-state index in [1.54, 1.807) is 36.1 Å². The molecule has 0 aliphatic carbocycles. The van der Waals surface area contributed by atoms with E-state index in [1.807, 2.05) is 50.2 Å². The number of ether oxygens (including phenoxy) is 2. The first-order valence-corrected chi connectivity index (χ1v) is 10.6. The highest BCUT2D eigenvalue weighted by Crippen LogP contribution is 2.30. The minimum absolute atomic E-state index is 0.00996. The molecule has 4 aromatic rings. The molecule has 0 unspecified atom stereocenters. The van der Waals surface area contributed by atoms with Crippen molar-refractivity contribution in [2.45, 2.75) is 13.8 Å². The van der Waals surface area contributed by atoms with E-state index in [9.17, 15) is 4.79 Å². The Hall–Kier alpha value is -3.84. The van der Waals surface area contributed by atoms with Gasteiger partial charge in [0.25, 0.3) is 5.91 Å². The number of carbonyl (C=O) groups excluding carboxylic acids is 1. The molecule has 0 aliphatic heterocycles. The standard InChI is InChI=1S/C25H23ClN4O3/c1-15-6-5-7-17(12-15)24-28-23(29-30(24)21-13-18(26)9-8-16(21)2)25(31)27-20-14-19(32-3)10-11-22(20)33-4/h5-14H,1-4H3,(H,27,31). The molecule has 33 heavy (non-hydrogen) atoms. The molecular weight excluding hydrogens is 440 g/mol. The molecule has 1 aromatic heterocycles. The molecule has 0 atom stereocenters. The van der Waals surface area contributed by atoms with Gasteiger partial charge in [-0.2, -0.15) is 0 Å². The number of halogens is 1. The quantitative estimate of drug-likeness (QED) is 0.411. The van der Waals surface area contributed by atoms with Crippen LogP contribution in [-0.4, -0.2) is 34.9 Å². The molecule has 7 nitrogen and oxygen atoms in total. The molecule has 4 rings (SSSR count). The van der Waals surface area contributed by atoms with E-state index >= 15 is 0 Å². The van der Waals surface area contributed by atoms with Crippen LogP contribution in [0.2, 0.25) is 5.02 Å². The normalized spacial score (nSPS) is 10.7. The van der Waals surface area contributed by atoms with Gasteiger partial charge in [-0.05, 0) is 49.7 Å². The number of nitrogens with zero attached hydrogens (tertiary/aromatic N) is 3. The van der Waals surface area contributed by atoms with E-state index in [0.717, 1.165) is 22.4 Å². The van der Waals surface area contributed by atoms with Crippen molar-refractivity contribution < 1.29 is 14.3 Å².